The van der Waals surface area contributed by atoms with Gasteiger partial charge in [0.25, 0.3) is 0 Å². The number of likely N-dealkylation sites (N-methyl/N-ethyl adjacent to an activating group) is 1. The summed E-state index contributed by atoms with van der Waals surface area (Å²) >= 11 is 0. The van der Waals surface area contributed by atoms with Crippen molar-refractivity contribution in [2.45, 2.75) is 19.4 Å². The van der Waals surface area contributed by atoms with Crippen LogP contribution in [0.5, 0.6) is 0 Å². The molecule has 1 saturated carbocycles. The predicted octanol–water partition coefficient (Wildman–Crippen LogP) is 0.0892. The summed E-state index contributed by atoms with van der Waals surface area (Å²) in [5.41, 5.74) is 0. The molecule has 0 aromatic heterocycles. The first-order valence-corrected chi connectivity index (χ1v) is 5.80. The van der Waals surface area contributed by atoms with Crippen LogP contribution in [0.25, 0.3) is 0 Å². The second kappa shape index (κ2) is 4.49. The molecule has 2 unspecified atom stereocenters. The summed E-state index contributed by atoms with van der Waals surface area (Å²) < 4.78 is 5.68. The van der Waals surface area contributed by atoms with Crippen LogP contribution < -0.4 is 5.32 Å². The molecule has 2 heterocycles. The Morgan fingerprint density at radius 3 is 2.67 bits per heavy atom. The van der Waals surface area contributed by atoms with Crippen LogP contribution in [0, 0.1) is 11.8 Å². The summed E-state index contributed by atoms with van der Waals surface area (Å²) in [7, 11) is 1.81. The summed E-state index contributed by atoms with van der Waals surface area (Å²) in [6.07, 6.45) is 1.67. The highest BCUT2D eigenvalue weighted by atomic mass is 16.5. The van der Waals surface area contributed by atoms with Gasteiger partial charge in [-0.1, -0.05) is 0 Å². The van der Waals surface area contributed by atoms with Gasteiger partial charge in [0.2, 0.25) is 5.91 Å². The molecule has 0 aromatic carbocycles. The summed E-state index contributed by atoms with van der Waals surface area (Å²) in [5.74, 6) is 1.40. The van der Waals surface area contributed by atoms with Crippen LogP contribution in [-0.2, 0) is 9.53 Å². The Labute approximate surface area is 91.0 Å². The van der Waals surface area contributed by atoms with Gasteiger partial charge >= 0.3 is 0 Å². The molecule has 0 spiro atoms. The minimum Gasteiger partial charge on any atom is -0.378 e. The number of fused-ring (bicyclic) bond motifs is 2. The fraction of sp³-hybridized carbons (Fsp3) is 0.909. The summed E-state index contributed by atoms with van der Waals surface area (Å²) in [6.45, 7) is 5.07. The molecule has 2 bridgehead atoms. The Hall–Kier alpha value is -0.610. The van der Waals surface area contributed by atoms with Crippen LogP contribution in [0.2, 0.25) is 0 Å². The van der Waals surface area contributed by atoms with E-state index in [9.17, 15) is 4.79 Å². The highest BCUT2D eigenvalue weighted by Gasteiger charge is 2.48. The summed E-state index contributed by atoms with van der Waals surface area (Å²) in [4.78, 5) is 13.6. The molecule has 3 fully saturated rings. The fourth-order valence-electron chi connectivity index (χ4n) is 2.77. The lowest BCUT2D eigenvalue weighted by molar-refractivity contribution is -0.160. The average molecular weight is 212 g/mol. The molecule has 3 rings (SSSR count). The lowest BCUT2D eigenvalue weighted by Gasteiger charge is -2.53. The van der Waals surface area contributed by atoms with Gasteiger partial charge < -0.3 is 15.0 Å². The molecule has 0 aromatic rings. The van der Waals surface area contributed by atoms with E-state index < -0.39 is 0 Å². The Morgan fingerprint density at radius 2 is 2.13 bits per heavy atom. The van der Waals surface area contributed by atoms with E-state index in [1.165, 1.54) is 6.42 Å². The molecule has 86 valence electrons. The average Bonchev–Trinajstić information content (AvgIpc) is 2.26. The highest BCUT2D eigenvalue weighted by Crippen LogP contribution is 2.41. The Kier molecular flexibility index (Phi) is 3.26. The van der Waals surface area contributed by atoms with Crippen LogP contribution in [0.1, 0.15) is 13.3 Å². The molecule has 3 aliphatic rings. The fourth-order valence-corrected chi connectivity index (χ4v) is 2.77. The standard InChI is InChI=1S/C11H20N2O2/c1-3-15-11-8-4-9(11)7-13(6-8)10(14)5-12-2/h8-9,11-12H,3-7H2,1-2H3. The number of carbonyl (C=O) groups excluding carboxylic acids is 1. The maximum absolute atomic E-state index is 11.7. The number of carbonyl (C=O) groups is 1. The van der Waals surface area contributed by atoms with Gasteiger partial charge in [-0.15, -0.1) is 0 Å². The third-order valence-corrected chi connectivity index (χ3v) is 3.48. The lowest BCUT2D eigenvalue weighted by atomic mass is 9.68. The molecular formula is C11H20N2O2. The summed E-state index contributed by atoms with van der Waals surface area (Å²) in [5, 5.41) is 2.91. The van der Waals surface area contributed by atoms with Crippen molar-refractivity contribution >= 4 is 5.91 Å². The maximum Gasteiger partial charge on any atom is 0.236 e. The number of rotatable bonds is 4. The van der Waals surface area contributed by atoms with Crippen molar-refractivity contribution in [3.05, 3.63) is 0 Å². The van der Waals surface area contributed by atoms with Crippen molar-refractivity contribution in [3.63, 3.8) is 0 Å². The largest absolute Gasteiger partial charge is 0.378 e. The Balaban J connectivity index is 1.84. The number of amides is 1. The number of hydrogen-bond acceptors (Lipinski definition) is 3. The van der Waals surface area contributed by atoms with E-state index in [1.54, 1.807) is 0 Å². The van der Waals surface area contributed by atoms with E-state index in [0.29, 0.717) is 24.5 Å². The van der Waals surface area contributed by atoms with Crippen molar-refractivity contribution in [2.75, 3.05) is 33.3 Å². The van der Waals surface area contributed by atoms with Crippen LogP contribution in [0.4, 0.5) is 0 Å². The van der Waals surface area contributed by atoms with Crippen LogP contribution in [0.15, 0.2) is 0 Å². The smallest absolute Gasteiger partial charge is 0.236 e. The zero-order valence-corrected chi connectivity index (χ0v) is 9.53. The van der Waals surface area contributed by atoms with E-state index >= 15 is 0 Å². The molecule has 1 aliphatic carbocycles. The zero-order valence-electron chi connectivity index (χ0n) is 9.53. The van der Waals surface area contributed by atoms with Crippen molar-refractivity contribution < 1.29 is 9.53 Å². The Morgan fingerprint density at radius 1 is 1.47 bits per heavy atom. The molecule has 1 N–H and O–H groups in total. The van der Waals surface area contributed by atoms with Crippen LogP contribution >= 0.6 is 0 Å². The lowest BCUT2D eigenvalue weighted by Crippen LogP contribution is -2.61. The molecule has 4 nitrogen and oxygen atoms in total. The number of piperidine rings is 2. The van der Waals surface area contributed by atoms with Crippen molar-refractivity contribution in [2.24, 2.45) is 11.8 Å². The van der Waals surface area contributed by atoms with E-state index in [4.69, 9.17) is 4.74 Å². The second-order valence-electron chi connectivity index (χ2n) is 4.50. The second-order valence-corrected chi connectivity index (χ2v) is 4.50. The minimum absolute atomic E-state index is 0.224. The number of nitrogens with zero attached hydrogens (tertiary/aromatic N) is 1. The van der Waals surface area contributed by atoms with E-state index in [2.05, 4.69) is 5.32 Å². The summed E-state index contributed by atoms with van der Waals surface area (Å²) in [6, 6.07) is 0. The highest BCUT2D eigenvalue weighted by molar-refractivity contribution is 5.78. The normalized spacial score (nSPS) is 33.7. The first-order valence-electron chi connectivity index (χ1n) is 5.80. The number of nitrogens with one attached hydrogen (secondary N) is 1. The van der Waals surface area contributed by atoms with Gasteiger partial charge in [0.05, 0.1) is 12.6 Å². The zero-order chi connectivity index (χ0) is 10.8. The van der Waals surface area contributed by atoms with Crippen molar-refractivity contribution in [1.29, 1.82) is 0 Å². The molecule has 0 radical (unpaired) electrons. The van der Waals surface area contributed by atoms with E-state index in [-0.39, 0.29) is 5.91 Å². The molecule has 2 saturated heterocycles. The molecule has 1 amide bonds. The molecular weight excluding hydrogens is 192 g/mol. The van der Waals surface area contributed by atoms with E-state index in [1.807, 2.05) is 18.9 Å². The SMILES string of the molecule is CCOC1C2CC1CN(C(=O)CNC)C2. The quantitative estimate of drug-likeness (QED) is 0.718. The minimum atomic E-state index is 0.224. The third kappa shape index (κ3) is 2.01. The molecule has 4 heteroatoms. The molecule has 2 aliphatic heterocycles. The maximum atomic E-state index is 11.7. The third-order valence-electron chi connectivity index (χ3n) is 3.48. The van der Waals surface area contributed by atoms with Crippen molar-refractivity contribution in [1.82, 2.24) is 10.2 Å². The van der Waals surface area contributed by atoms with Crippen LogP contribution in [0.3, 0.4) is 0 Å². The van der Waals surface area contributed by atoms with Gasteiger partial charge in [0.15, 0.2) is 0 Å². The predicted molar refractivity (Wildman–Crippen MR) is 57.5 cm³/mol. The van der Waals surface area contributed by atoms with Gasteiger partial charge in [-0.2, -0.15) is 0 Å². The topological polar surface area (TPSA) is 41.6 Å². The first-order chi connectivity index (χ1) is 7.26. The van der Waals surface area contributed by atoms with Gasteiger partial charge in [-0.3, -0.25) is 4.79 Å². The molecule has 15 heavy (non-hydrogen) atoms. The van der Waals surface area contributed by atoms with Gasteiger partial charge in [0, 0.05) is 31.5 Å². The monoisotopic (exact) mass is 212 g/mol. The Bertz CT molecular complexity index is 233. The van der Waals surface area contributed by atoms with Gasteiger partial charge in [-0.05, 0) is 20.4 Å². The van der Waals surface area contributed by atoms with E-state index in [0.717, 1.165) is 19.7 Å². The van der Waals surface area contributed by atoms with Gasteiger partial charge in [0.1, 0.15) is 0 Å². The van der Waals surface area contributed by atoms with Gasteiger partial charge in [-0.25, -0.2) is 0 Å². The molecule has 2 atom stereocenters. The number of hydrogen-bond donors (Lipinski definition) is 1. The first kappa shape index (κ1) is 10.9. The van der Waals surface area contributed by atoms with Crippen molar-refractivity contribution in [3.8, 4) is 0 Å². The van der Waals surface area contributed by atoms with Crippen LogP contribution in [-0.4, -0.2) is 50.2 Å². The number of ether oxygens (including phenoxy) is 1.